The normalized spacial score (nSPS) is 11.0. The number of allylic oxidation sites excluding steroid dienone is 2. The Hall–Kier alpha value is -0.790. The number of hydrogen-bond acceptors (Lipinski definition) is 1. The Balaban J connectivity index is 2.99. The van der Waals surface area contributed by atoms with Gasteiger partial charge in [0.15, 0.2) is 0 Å². The van der Waals surface area contributed by atoms with Crippen LogP contribution in [0.3, 0.4) is 0 Å². The molecule has 0 radical (unpaired) electrons. The second-order valence-corrected chi connectivity index (χ2v) is 3.93. The quantitative estimate of drug-likeness (QED) is 0.436. The summed E-state index contributed by atoms with van der Waals surface area (Å²) in [5.74, 6) is -0.667. The number of hydrogen-bond donors (Lipinski definition) is 1. The van der Waals surface area contributed by atoms with E-state index in [0.29, 0.717) is 6.42 Å². The van der Waals surface area contributed by atoms with E-state index in [1.807, 2.05) is 0 Å². The van der Waals surface area contributed by atoms with Crippen LogP contribution in [0.1, 0.15) is 64.7 Å². The lowest BCUT2D eigenvalue weighted by molar-refractivity contribution is -0.137. The van der Waals surface area contributed by atoms with Crippen molar-refractivity contribution in [3.63, 3.8) is 0 Å². The minimum absolute atomic E-state index is 0.333. The van der Waals surface area contributed by atoms with Gasteiger partial charge in [0, 0.05) is 6.42 Å². The summed E-state index contributed by atoms with van der Waals surface area (Å²) in [5, 5.41) is 8.43. The number of carboxylic acids is 1. The van der Waals surface area contributed by atoms with Gasteiger partial charge < -0.3 is 5.11 Å². The highest BCUT2D eigenvalue weighted by atomic mass is 16.4. The first-order valence-corrected chi connectivity index (χ1v) is 6.14. The van der Waals surface area contributed by atoms with Gasteiger partial charge in [-0.15, -0.1) is 0 Å². The van der Waals surface area contributed by atoms with E-state index >= 15 is 0 Å². The van der Waals surface area contributed by atoms with Gasteiger partial charge >= 0.3 is 5.97 Å². The molecular weight excluding hydrogens is 188 g/mol. The molecule has 0 rings (SSSR count). The lowest BCUT2D eigenvalue weighted by Gasteiger charge is -1.99. The Morgan fingerprint density at radius 3 is 2.20 bits per heavy atom. The van der Waals surface area contributed by atoms with Gasteiger partial charge in [0.25, 0.3) is 0 Å². The van der Waals surface area contributed by atoms with Gasteiger partial charge in [0.2, 0.25) is 0 Å². The van der Waals surface area contributed by atoms with Crippen LogP contribution >= 0.6 is 0 Å². The molecular formula is C13H24O2. The van der Waals surface area contributed by atoms with Crippen molar-refractivity contribution < 1.29 is 9.90 Å². The second-order valence-electron chi connectivity index (χ2n) is 3.93. The van der Waals surface area contributed by atoms with E-state index in [1.54, 1.807) is 0 Å². The van der Waals surface area contributed by atoms with E-state index in [9.17, 15) is 4.79 Å². The molecule has 0 aromatic rings. The van der Waals surface area contributed by atoms with Gasteiger partial charge in [-0.2, -0.15) is 0 Å². The average Bonchev–Trinajstić information content (AvgIpc) is 2.20. The summed E-state index contributed by atoms with van der Waals surface area (Å²) in [5.41, 5.74) is 0. The fourth-order valence-corrected chi connectivity index (χ4v) is 1.53. The van der Waals surface area contributed by atoms with Crippen LogP contribution in [0.25, 0.3) is 0 Å². The fraction of sp³-hybridized carbons (Fsp3) is 0.769. The molecule has 0 fully saturated rings. The molecule has 0 aliphatic heterocycles. The van der Waals surface area contributed by atoms with E-state index in [-0.39, 0.29) is 0 Å². The molecule has 0 amide bonds. The molecule has 0 bridgehead atoms. The Morgan fingerprint density at radius 2 is 1.60 bits per heavy atom. The predicted molar refractivity (Wildman–Crippen MR) is 64.0 cm³/mol. The molecule has 2 heteroatoms. The maximum Gasteiger partial charge on any atom is 0.303 e. The highest BCUT2D eigenvalue weighted by Crippen LogP contribution is 2.08. The van der Waals surface area contributed by atoms with Crippen molar-refractivity contribution in [2.75, 3.05) is 0 Å². The fourth-order valence-electron chi connectivity index (χ4n) is 1.53. The molecule has 15 heavy (non-hydrogen) atoms. The summed E-state index contributed by atoms with van der Waals surface area (Å²) >= 11 is 0. The van der Waals surface area contributed by atoms with E-state index in [2.05, 4.69) is 19.1 Å². The third-order valence-electron chi connectivity index (χ3n) is 2.41. The number of unbranched alkanes of at least 4 members (excludes halogenated alkanes) is 6. The molecule has 88 valence electrons. The SMILES string of the molecule is CCC=CCCCCCCCCC(=O)O. The summed E-state index contributed by atoms with van der Waals surface area (Å²) < 4.78 is 0. The van der Waals surface area contributed by atoms with E-state index in [1.165, 1.54) is 32.1 Å². The van der Waals surface area contributed by atoms with Crippen LogP contribution in [0.4, 0.5) is 0 Å². The lowest BCUT2D eigenvalue weighted by Crippen LogP contribution is -1.93. The van der Waals surface area contributed by atoms with Crippen molar-refractivity contribution in [3.05, 3.63) is 12.2 Å². The van der Waals surface area contributed by atoms with Gasteiger partial charge in [0.1, 0.15) is 0 Å². The zero-order chi connectivity index (χ0) is 11.4. The highest BCUT2D eigenvalue weighted by Gasteiger charge is 1.95. The van der Waals surface area contributed by atoms with Gasteiger partial charge in [-0.3, -0.25) is 4.79 Å². The first-order valence-electron chi connectivity index (χ1n) is 6.14. The topological polar surface area (TPSA) is 37.3 Å². The van der Waals surface area contributed by atoms with Crippen LogP contribution in [0.5, 0.6) is 0 Å². The minimum Gasteiger partial charge on any atom is -0.481 e. The molecule has 0 heterocycles. The molecule has 0 aliphatic carbocycles. The summed E-state index contributed by atoms with van der Waals surface area (Å²) in [6.45, 7) is 2.15. The predicted octanol–water partition coefficient (Wildman–Crippen LogP) is 4.16. The van der Waals surface area contributed by atoms with Crippen LogP contribution in [0.15, 0.2) is 12.2 Å². The zero-order valence-electron chi connectivity index (χ0n) is 9.87. The van der Waals surface area contributed by atoms with Gasteiger partial charge in [-0.05, 0) is 25.7 Å². The average molecular weight is 212 g/mol. The van der Waals surface area contributed by atoms with Crippen LogP contribution in [0, 0.1) is 0 Å². The Bertz CT molecular complexity index is 173. The van der Waals surface area contributed by atoms with Gasteiger partial charge in [0.05, 0.1) is 0 Å². The van der Waals surface area contributed by atoms with Crippen molar-refractivity contribution in [1.29, 1.82) is 0 Å². The first-order chi connectivity index (χ1) is 7.27. The maximum atomic E-state index is 10.2. The second kappa shape index (κ2) is 11.3. The number of rotatable bonds is 10. The summed E-state index contributed by atoms with van der Waals surface area (Å²) in [6.07, 6.45) is 14.0. The maximum absolute atomic E-state index is 10.2. The first kappa shape index (κ1) is 14.2. The smallest absolute Gasteiger partial charge is 0.303 e. The number of carboxylic acid groups (broad SMARTS) is 1. The van der Waals surface area contributed by atoms with Crippen molar-refractivity contribution >= 4 is 5.97 Å². The number of carbonyl (C=O) groups is 1. The van der Waals surface area contributed by atoms with Crippen LogP contribution in [-0.4, -0.2) is 11.1 Å². The molecule has 0 aliphatic rings. The molecule has 0 aromatic heterocycles. The van der Waals surface area contributed by atoms with Gasteiger partial charge in [-0.25, -0.2) is 0 Å². The Labute approximate surface area is 93.4 Å². The third kappa shape index (κ3) is 13.2. The molecule has 0 saturated carbocycles. The number of aliphatic carboxylic acids is 1. The van der Waals surface area contributed by atoms with E-state index < -0.39 is 5.97 Å². The third-order valence-corrected chi connectivity index (χ3v) is 2.41. The molecule has 0 aromatic carbocycles. The largest absolute Gasteiger partial charge is 0.481 e. The molecule has 0 saturated heterocycles. The summed E-state index contributed by atoms with van der Waals surface area (Å²) in [7, 11) is 0. The summed E-state index contributed by atoms with van der Waals surface area (Å²) in [4.78, 5) is 10.2. The van der Waals surface area contributed by atoms with Crippen molar-refractivity contribution in [1.82, 2.24) is 0 Å². The molecule has 2 nitrogen and oxygen atoms in total. The standard InChI is InChI=1S/C13H24O2/c1-2-3-4-5-6-7-8-9-10-11-12-13(14)15/h3-4H,2,5-12H2,1H3,(H,14,15). The molecule has 1 N–H and O–H groups in total. The zero-order valence-corrected chi connectivity index (χ0v) is 9.87. The van der Waals surface area contributed by atoms with Crippen molar-refractivity contribution in [2.24, 2.45) is 0 Å². The van der Waals surface area contributed by atoms with Crippen LogP contribution < -0.4 is 0 Å². The van der Waals surface area contributed by atoms with Crippen LogP contribution in [-0.2, 0) is 4.79 Å². The van der Waals surface area contributed by atoms with E-state index in [4.69, 9.17) is 5.11 Å². The van der Waals surface area contributed by atoms with Crippen LogP contribution in [0.2, 0.25) is 0 Å². The lowest BCUT2D eigenvalue weighted by atomic mass is 10.1. The Kier molecular flexibility index (Phi) is 10.7. The van der Waals surface area contributed by atoms with Crippen molar-refractivity contribution in [2.45, 2.75) is 64.7 Å². The molecule has 0 spiro atoms. The molecule has 0 atom stereocenters. The highest BCUT2D eigenvalue weighted by molar-refractivity contribution is 5.66. The minimum atomic E-state index is -0.667. The Morgan fingerprint density at radius 1 is 1.00 bits per heavy atom. The summed E-state index contributed by atoms with van der Waals surface area (Å²) in [6, 6.07) is 0. The molecule has 0 unspecified atom stereocenters. The van der Waals surface area contributed by atoms with Gasteiger partial charge in [-0.1, -0.05) is 44.8 Å². The monoisotopic (exact) mass is 212 g/mol. The van der Waals surface area contributed by atoms with E-state index in [0.717, 1.165) is 19.3 Å². The van der Waals surface area contributed by atoms with Crippen molar-refractivity contribution in [3.8, 4) is 0 Å².